The predicted molar refractivity (Wildman–Crippen MR) is 52.7 cm³/mol. The second-order valence-electron chi connectivity index (χ2n) is 3.40. The summed E-state index contributed by atoms with van der Waals surface area (Å²) in [6.07, 6.45) is -0.0442. The van der Waals surface area contributed by atoms with Gasteiger partial charge in [0.25, 0.3) is 5.92 Å². The molecular formula is C10H9BrF2O. The lowest BCUT2D eigenvalue weighted by atomic mass is 10.3. The summed E-state index contributed by atoms with van der Waals surface area (Å²) < 4.78 is 31.1. The second-order valence-corrected chi connectivity index (χ2v) is 4.26. The summed E-state index contributed by atoms with van der Waals surface area (Å²) in [4.78, 5) is 0. The number of ether oxygens (including phenoxy) is 1. The van der Waals surface area contributed by atoms with Crippen molar-refractivity contribution < 1.29 is 13.5 Å². The van der Waals surface area contributed by atoms with Gasteiger partial charge in [-0.05, 0) is 28.1 Å². The van der Waals surface area contributed by atoms with Gasteiger partial charge in [0.15, 0.2) is 0 Å². The molecule has 0 heterocycles. The fourth-order valence-corrected chi connectivity index (χ4v) is 1.60. The first-order valence-corrected chi connectivity index (χ1v) is 5.14. The Morgan fingerprint density at radius 3 is 2.64 bits per heavy atom. The molecule has 0 spiro atoms. The Bertz CT molecular complexity index is 341. The largest absolute Gasteiger partial charge is 0.492 e. The van der Waals surface area contributed by atoms with Crippen molar-refractivity contribution in [2.24, 2.45) is 5.92 Å². The Balaban J connectivity index is 1.90. The fraction of sp³-hybridized carbons (Fsp3) is 0.400. The summed E-state index contributed by atoms with van der Waals surface area (Å²) >= 11 is 3.28. The molecule has 1 saturated carbocycles. The zero-order valence-electron chi connectivity index (χ0n) is 7.34. The Kier molecular flexibility index (Phi) is 2.47. The van der Waals surface area contributed by atoms with Crippen molar-refractivity contribution in [2.75, 3.05) is 6.61 Å². The summed E-state index contributed by atoms with van der Waals surface area (Å²) in [7, 11) is 0. The first-order valence-electron chi connectivity index (χ1n) is 4.35. The van der Waals surface area contributed by atoms with Gasteiger partial charge >= 0.3 is 0 Å². The van der Waals surface area contributed by atoms with Gasteiger partial charge in [0.1, 0.15) is 5.75 Å². The number of halogens is 3. The van der Waals surface area contributed by atoms with Gasteiger partial charge in [-0.15, -0.1) is 0 Å². The predicted octanol–water partition coefficient (Wildman–Crippen LogP) is 3.48. The third-order valence-electron chi connectivity index (χ3n) is 2.23. The lowest BCUT2D eigenvalue weighted by Gasteiger charge is -2.06. The molecule has 14 heavy (non-hydrogen) atoms. The lowest BCUT2D eigenvalue weighted by molar-refractivity contribution is 0.0855. The smallest absolute Gasteiger partial charge is 0.255 e. The average Bonchev–Trinajstić information content (AvgIpc) is 2.73. The summed E-state index contributed by atoms with van der Waals surface area (Å²) in [5.41, 5.74) is 0. The van der Waals surface area contributed by atoms with Crippen LogP contribution in [0.15, 0.2) is 28.7 Å². The van der Waals surface area contributed by atoms with E-state index < -0.39 is 11.8 Å². The van der Waals surface area contributed by atoms with E-state index in [1.807, 2.05) is 18.2 Å². The molecule has 0 aromatic heterocycles. The molecule has 0 bridgehead atoms. The van der Waals surface area contributed by atoms with E-state index in [0.29, 0.717) is 5.75 Å². The third-order valence-corrected chi connectivity index (χ3v) is 2.89. The van der Waals surface area contributed by atoms with Gasteiger partial charge in [-0.2, -0.15) is 0 Å². The highest BCUT2D eigenvalue weighted by molar-refractivity contribution is 9.10. The minimum atomic E-state index is -2.50. The van der Waals surface area contributed by atoms with E-state index in [2.05, 4.69) is 15.9 Å². The van der Waals surface area contributed by atoms with Crippen LogP contribution in [-0.2, 0) is 0 Å². The molecule has 0 N–H and O–H groups in total. The Morgan fingerprint density at radius 2 is 2.07 bits per heavy atom. The summed E-state index contributed by atoms with van der Waals surface area (Å²) in [6.45, 7) is 0.0929. The van der Waals surface area contributed by atoms with Crippen LogP contribution in [0.2, 0.25) is 0 Å². The average molecular weight is 263 g/mol. The molecule has 0 amide bonds. The second kappa shape index (κ2) is 3.50. The summed E-state index contributed by atoms with van der Waals surface area (Å²) in [5, 5.41) is 0. The molecule has 0 radical (unpaired) electrons. The third kappa shape index (κ3) is 2.05. The van der Waals surface area contributed by atoms with Crippen LogP contribution in [0.1, 0.15) is 6.42 Å². The van der Waals surface area contributed by atoms with Crippen molar-refractivity contribution in [3.8, 4) is 5.75 Å². The molecule has 1 fully saturated rings. The maximum absolute atomic E-state index is 12.5. The molecule has 0 unspecified atom stereocenters. The van der Waals surface area contributed by atoms with Crippen molar-refractivity contribution in [2.45, 2.75) is 12.3 Å². The van der Waals surface area contributed by atoms with Gasteiger partial charge in [-0.1, -0.05) is 12.1 Å². The highest BCUT2D eigenvalue weighted by Crippen LogP contribution is 2.48. The molecule has 1 nitrogen and oxygen atoms in total. The Labute approximate surface area is 89.2 Å². The molecule has 0 aliphatic heterocycles. The van der Waals surface area contributed by atoms with Gasteiger partial charge in [0.2, 0.25) is 0 Å². The molecule has 4 heteroatoms. The van der Waals surface area contributed by atoms with Crippen molar-refractivity contribution in [3.63, 3.8) is 0 Å². The molecule has 76 valence electrons. The van der Waals surface area contributed by atoms with Crippen molar-refractivity contribution >= 4 is 15.9 Å². The minimum Gasteiger partial charge on any atom is -0.492 e. The van der Waals surface area contributed by atoms with Crippen LogP contribution in [0.3, 0.4) is 0 Å². The fourth-order valence-electron chi connectivity index (χ4n) is 1.20. The van der Waals surface area contributed by atoms with Gasteiger partial charge in [0.05, 0.1) is 17.0 Å². The molecule has 0 saturated heterocycles. The highest BCUT2D eigenvalue weighted by Gasteiger charge is 2.57. The summed E-state index contributed by atoms with van der Waals surface area (Å²) in [5.74, 6) is -2.48. The first-order chi connectivity index (χ1) is 6.59. The number of hydrogen-bond donors (Lipinski definition) is 0. The summed E-state index contributed by atoms with van der Waals surface area (Å²) in [6, 6.07) is 7.23. The van der Waals surface area contributed by atoms with E-state index in [1.54, 1.807) is 6.07 Å². The topological polar surface area (TPSA) is 9.23 Å². The van der Waals surface area contributed by atoms with Crippen LogP contribution in [0.5, 0.6) is 5.75 Å². The number of benzene rings is 1. The van der Waals surface area contributed by atoms with Gasteiger partial charge in [-0.25, -0.2) is 8.78 Å². The molecule has 1 atom stereocenters. The molecule has 2 rings (SSSR count). The zero-order valence-corrected chi connectivity index (χ0v) is 8.93. The van der Waals surface area contributed by atoms with E-state index in [-0.39, 0.29) is 13.0 Å². The van der Waals surface area contributed by atoms with Crippen LogP contribution in [0.25, 0.3) is 0 Å². The first kappa shape index (κ1) is 9.90. The monoisotopic (exact) mass is 262 g/mol. The number of rotatable bonds is 3. The quantitative estimate of drug-likeness (QED) is 0.811. The van der Waals surface area contributed by atoms with E-state index in [9.17, 15) is 8.78 Å². The Hall–Kier alpha value is -0.640. The van der Waals surface area contributed by atoms with E-state index in [4.69, 9.17) is 4.74 Å². The Morgan fingerprint density at radius 1 is 1.43 bits per heavy atom. The SMILES string of the molecule is FC1(F)C[C@H]1COc1ccccc1Br. The van der Waals surface area contributed by atoms with Crippen LogP contribution in [0, 0.1) is 5.92 Å². The van der Waals surface area contributed by atoms with Crippen LogP contribution in [0.4, 0.5) is 8.78 Å². The highest BCUT2D eigenvalue weighted by atomic mass is 79.9. The minimum absolute atomic E-state index is 0.0442. The maximum Gasteiger partial charge on any atom is 0.255 e. The molecular weight excluding hydrogens is 254 g/mol. The standard InChI is InChI=1S/C10H9BrF2O/c11-8-3-1-2-4-9(8)14-6-7-5-10(7,12)13/h1-4,7H,5-6H2/t7-/m0/s1. The molecule has 1 aliphatic rings. The number of para-hydroxylation sites is 1. The van der Waals surface area contributed by atoms with Gasteiger partial charge < -0.3 is 4.74 Å². The van der Waals surface area contributed by atoms with E-state index >= 15 is 0 Å². The number of alkyl halides is 2. The van der Waals surface area contributed by atoms with Crippen LogP contribution >= 0.6 is 15.9 Å². The number of hydrogen-bond acceptors (Lipinski definition) is 1. The van der Waals surface area contributed by atoms with Gasteiger partial charge in [0, 0.05) is 6.42 Å². The lowest BCUT2D eigenvalue weighted by Crippen LogP contribution is -2.05. The van der Waals surface area contributed by atoms with E-state index in [0.717, 1.165) is 4.47 Å². The zero-order chi connectivity index (χ0) is 10.2. The van der Waals surface area contributed by atoms with Crippen molar-refractivity contribution in [1.82, 2.24) is 0 Å². The van der Waals surface area contributed by atoms with Crippen LogP contribution < -0.4 is 4.74 Å². The molecule has 1 aromatic rings. The maximum atomic E-state index is 12.5. The molecule has 1 aromatic carbocycles. The van der Waals surface area contributed by atoms with Gasteiger partial charge in [-0.3, -0.25) is 0 Å². The van der Waals surface area contributed by atoms with Crippen molar-refractivity contribution in [3.05, 3.63) is 28.7 Å². The normalized spacial score (nSPS) is 23.2. The van der Waals surface area contributed by atoms with Crippen molar-refractivity contribution in [1.29, 1.82) is 0 Å². The molecule has 1 aliphatic carbocycles. The van der Waals surface area contributed by atoms with E-state index in [1.165, 1.54) is 0 Å². The van der Waals surface area contributed by atoms with Crippen LogP contribution in [-0.4, -0.2) is 12.5 Å².